The molecule has 2 atom stereocenters. The van der Waals surface area contributed by atoms with Gasteiger partial charge in [-0.15, -0.1) is 13.2 Å². The second kappa shape index (κ2) is 10.8. The van der Waals surface area contributed by atoms with Crippen molar-refractivity contribution in [2.75, 3.05) is 13.4 Å². The summed E-state index contributed by atoms with van der Waals surface area (Å²) in [5.74, 6) is 0.405. The lowest BCUT2D eigenvalue weighted by Gasteiger charge is -2.29. The van der Waals surface area contributed by atoms with Crippen molar-refractivity contribution < 1.29 is 70.4 Å². The summed E-state index contributed by atoms with van der Waals surface area (Å²) in [7, 11) is 0. The summed E-state index contributed by atoms with van der Waals surface area (Å²) in [6.45, 7) is 1.72. The molecule has 1 heterocycles. The van der Waals surface area contributed by atoms with E-state index in [1.54, 1.807) is 0 Å². The Morgan fingerprint density at radius 2 is 1.82 bits per heavy atom. The average molecular weight is 504 g/mol. The number of esters is 1. The minimum atomic E-state index is -5.09. The second-order valence-electron chi connectivity index (χ2n) is 6.78. The molecular weight excluding hydrogens is 484 g/mol. The summed E-state index contributed by atoms with van der Waals surface area (Å²) in [5.41, 5.74) is -1.36. The molecule has 0 bridgehead atoms. The normalized spacial score (nSPS) is 16.5. The van der Waals surface area contributed by atoms with Gasteiger partial charge in [0.2, 0.25) is 12.9 Å². The van der Waals surface area contributed by atoms with Gasteiger partial charge in [-0.2, -0.15) is 13.2 Å². The fourth-order valence-electron chi connectivity index (χ4n) is 2.84. The first-order valence-corrected chi connectivity index (χ1v) is 9.50. The Morgan fingerprint density at radius 3 is 2.38 bits per heavy atom. The van der Waals surface area contributed by atoms with Gasteiger partial charge in [0.15, 0.2) is 0 Å². The van der Waals surface area contributed by atoms with Crippen molar-refractivity contribution >= 4 is 18.2 Å². The number of carbonyl (C=O) groups excluding carboxylic acids is 2. The molecule has 1 aromatic carbocycles. The molecule has 0 radical (unpaired) electrons. The van der Waals surface area contributed by atoms with E-state index in [4.69, 9.17) is 4.74 Å². The monoisotopic (exact) mass is 504 g/mol. The quantitative estimate of drug-likeness (QED) is 0.249. The van der Waals surface area contributed by atoms with Crippen LogP contribution >= 0.6 is 0 Å². The Bertz CT molecular complexity index is 931. The van der Waals surface area contributed by atoms with Gasteiger partial charge >= 0.3 is 24.7 Å². The maximum atomic E-state index is 13.6. The molecule has 1 aromatic rings. The number of hydrogen-bond donors (Lipinski definition) is 1. The predicted octanol–water partition coefficient (Wildman–Crippen LogP) is 3.07. The number of fused-ring (bicyclic) bond motifs is 1. The molecule has 0 aromatic heterocycles. The van der Waals surface area contributed by atoms with Gasteiger partial charge < -0.3 is 23.7 Å². The van der Waals surface area contributed by atoms with Gasteiger partial charge in [0.25, 0.3) is 0 Å². The lowest BCUT2D eigenvalue weighted by molar-refractivity contribution is -0.691. The summed E-state index contributed by atoms with van der Waals surface area (Å²) >= 11 is 0. The highest BCUT2D eigenvalue weighted by molar-refractivity contribution is 5.96. The number of alkyl halides is 6. The van der Waals surface area contributed by atoms with Crippen LogP contribution in [0.4, 0.5) is 31.1 Å². The lowest BCUT2D eigenvalue weighted by atomic mass is 9.97. The van der Waals surface area contributed by atoms with Crippen LogP contribution in [0.1, 0.15) is 25.0 Å². The van der Waals surface area contributed by atoms with E-state index in [-0.39, 0.29) is 29.9 Å². The minimum absolute atomic E-state index is 0.00307. The van der Waals surface area contributed by atoms with Crippen LogP contribution in [0, 0.1) is 0 Å². The molecule has 3 N–H and O–H groups in total. The van der Waals surface area contributed by atoms with Crippen LogP contribution in [0.2, 0.25) is 0 Å². The van der Waals surface area contributed by atoms with Crippen LogP contribution in [-0.2, 0) is 30.3 Å². The van der Waals surface area contributed by atoms with Gasteiger partial charge in [0.1, 0.15) is 24.2 Å². The summed E-state index contributed by atoms with van der Waals surface area (Å²) in [6.07, 6.45) is -14.3. The summed E-state index contributed by atoms with van der Waals surface area (Å²) < 4.78 is 101. The summed E-state index contributed by atoms with van der Waals surface area (Å²) in [5, 5.41) is 0. The highest BCUT2D eigenvalue weighted by atomic mass is 19.4. The third kappa shape index (κ3) is 7.41. The molecule has 34 heavy (non-hydrogen) atoms. The number of aryl methyl sites for hydroxylation is 1. The number of ether oxygens (including phenoxy) is 5. The molecule has 15 heteroatoms. The fourth-order valence-corrected chi connectivity index (χ4v) is 2.84. The van der Waals surface area contributed by atoms with Crippen molar-refractivity contribution in [2.24, 2.45) is 0 Å². The van der Waals surface area contributed by atoms with E-state index < -0.39 is 55.0 Å². The van der Waals surface area contributed by atoms with Crippen molar-refractivity contribution in [3.05, 3.63) is 28.8 Å². The van der Waals surface area contributed by atoms with Crippen LogP contribution in [0.3, 0.4) is 0 Å². The highest BCUT2D eigenvalue weighted by Crippen LogP contribution is 2.42. The molecule has 9 nitrogen and oxygen atoms in total. The Morgan fingerprint density at radius 1 is 1.15 bits per heavy atom. The van der Waals surface area contributed by atoms with E-state index in [0.29, 0.717) is 6.08 Å². The zero-order valence-electron chi connectivity index (χ0n) is 17.7. The topological polar surface area (TPSA) is 117 Å². The third-order valence-electron chi connectivity index (χ3n) is 4.16. The van der Waals surface area contributed by atoms with Gasteiger partial charge in [0, 0.05) is 5.56 Å². The largest absolute Gasteiger partial charge is 0.573 e. The number of rotatable bonds is 8. The van der Waals surface area contributed by atoms with E-state index in [1.807, 2.05) is 0 Å². The molecule has 2 unspecified atom stereocenters. The molecule has 0 fully saturated rings. The van der Waals surface area contributed by atoms with Crippen molar-refractivity contribution in [1.29, 1.82) is 0 Å². The molecule has 0 saturated carbocycles. The molecule has 1 aliphatic heterocycles. The summed E-state index contributed by atoms with van der Waals surface area (Å²) in [4.78, 5) is 28.2. The molecule has 190 valence electrons. The Hall–Kier alpha value is -3.20. The standard InChI is InChI=1S/C19H20F6NO8/c1-3-10-4-12(34-19(23,24)25)5-11-6-13(15(18(20,21)22)33-14(10)11)16(27)29-8-30-17(28)32-9(2)7-31-26/h4-6,9,15H,3,7-8H2,1-2,26H3/q+1. The third-order valence-corrected chi connectivity index (χ3v) is 4.16. The number of hydrogen-bond acceptors (Lipinski definition) is 8. The smallest absolute Gasteiger partial charge is 0.475 e. The molecule has 0 spiro atoms. The molecule has 1 aliphatic rings. The van der Waals surface area contributed by atoms with Crippen LogP contribution in [0.5, 0.6) is 11.5 Å². The number of quaternary nitrogens is 1. The SMILES string of the molecule is CCc1cc(OC(F)(F)F)cc2c1OC(C(F)(F)F)C(C(=O)OCOC(=O)OC(C)CO[NH3+])=C2. The van der Waals surface area contributed by atoms with E-state index in [0.717, 1.165) is 12.1 Å². The highest BCUT2D eigenvalue weighted by Gasteiger charge is 2.49. The average Bonchev–Trinajstić information content (AvgIpc) is 2.70. The van der Waals surface area contributed by atoms with Gasteiger partial charge in [-0.1, -0.05) is 6.92 Å². The van der Waals surface area contributed by atoms with Crippen LogP contribution in [0.15, 0.2) is 17.7 Å². The van der Waals surface area contributed by atoms with Gasteiger partial charge in [-0.05, 0) is 37.1 Å². The molecule has 0 amide bonds. The van der Waals surface area contributed by atoms with E-state index >= 15 is 0 Å². The molecular formula is C19H20F6NO8+. The van der Waals surface area contributed by atoms with Crippen LogP contribution in [0.25, 0.3) is 6.08 Å². The fraction of sp³-hybridized carbons (Fsp3) is 0.474. The molecule has 2 rings (SSSR count). The predicted molar refractivity (Wildman–Crippen MR) is 97.8 cm³/mol. The van der Waals surface area contributed by atoms with E-state index in [9.17, 15) is 35.9 Å². The number of benzene rings is 1. The van der Waals surface area contributed by atoms with Crippen molar-refractivity contribution in [2.45, 2.75) is 45.0 Å². The van der Waals surface area contributed by atoms with Crippen molar-refractivity contribution in [1.82, 2.24) is 0 Å². The van der Waals surface area contributed by atoms with Gasteiger partial charge in [-0.3, -0.25) is 0 Å². The Kier molecular flexibility index (Phi) is 8.61. The number of carbonyl (C=O) groups is 2. The van der Waals surface area contributed by atoms with E-state index in [2.05, 4.69) is 29.7 Å². The second-order valence-corrected chi connectivity index (χ2v) is 6.78. The zero-order valence-corrected chi connectivity index (χ0v) is 17.7. The van der Waals surface area contributed by atoms with Gasteiger partial charge in [0.05, 0.1) is 5.57 Å². The van der Waals surface area contributed by atoms with Crippen LogP contribution < -0.4 is 15.4 Å². The lowest BCUT2D eigenvalue weighted by Crippen LogP contribution is -2.51. The first-order chi connectivity index (χ1) is 15.7. The Balaban J connectivity index is 2.26. The van der Waals surface area contributed by atoms with E-state index in [1.165, 1.54) is 13.8 Å². The van der Waals surface area contributed by atoms with Gasteiger partial charge in [-0.25, -0.2) is 20.3 Å². The first kappa shape index (κ1) is 27.0. The number of halogens is 6. The zero-order chi connectivity index (χ0) is 25.7. The minimum Gasteiger partial charge on any atom is -0.475 e. The molecule has 0 aliphatic carbocycles. The Labute approximate surface area is 188 Å². The maximum Gasteiger partial charge on any atom is 0.573 e. The first-order valence-electron chi connectivity index (χ1n) is 9.50. The van der Waals surface area contributed by atoms with Crippen LogP contribution in [-0.4, -0.2) is 50.3 Å². The van der Waals surface area contributed by atoms with Crippen molar-refractivity contribution in [3.8, 4) is 11.5 Å². The maximum absolute atomic E-state index is 13.6. The summed E-state index contributed by atoms with van der Waals surface area (Å²) in [6, 6.07) is 1.65. The van der Waals surface area contributed by atoms with Crippen molar-refractivity contribution in [3.63, 3.8) is 0 Å². The molecule has 0 saturated heterocycles.